The number of allylic oxidation sites excluding steroid dienone is 1. The number of rotatable bonds is 11. The molecule has 36 heavy (non-hydrogen) atoms. The number of imidazole rings is 1. The standard InChI is InChI=1S/C26H31F2N5O3/c1-29-24(14-19-13-20(27)5-6-22(19)28)26(35)31-21(16-34)15-23-25(18-3-4-18)33(17-30-23)8-2-7-32-9-11-36-12-10-32/h5-6,13-18,29H,2-4,7-12H2,1H3,(H,31,35)/b21-15-,24-14-. The summed E-state index contributed by atoms with van der Waals surface area (Å²) in [4.78, 5) is 31.4. The van der Waals surface area contributed by atoms with E-state index in [0.717, 1.165) is 82.5 Å². The number of morpholine rings is 1. The van der Waals surface area contributed by atoms with Crippen LogP contribution in [0.2, 0.25) is 0 Å². The number of nitrogens with zero attached hydrogens (tertiary/aromatic N) is 3. The molecular formula is C26H31F2N5O3. The minimum absolute atomic E-state index is 0.0247. The average molecular weight is 500 g/mol. The minimum atomic E-state index is -0.670. The van der Waals surface area contributed by atoms with Crippen LogP contribution < -0.4 is 10.6 Å². The zero-order valence-corrected chi connectivity index (χ0v) is 20.3. The van der Waals surface area contributed by atoms with Crippen LogP contribution in [0.5, 0.6) is 0 Å². The maximum Gasteiger partial charge on any atom is 0.271 e. The molecule has 8 nitrogen and oxygen atoms in total. The predicted molar refractivity (Wildman–Crippen MR) is 132 cm³/mol. The van der Waals surface area contributed by atoms with Crippen LogP contribution in [-0.4, -0.2) is 66.5 Å². The van der Waals surface area contributed by atoms with Gasteiger partial charge in [0.15, 0.2) is 6.29 Å². The van der Waals surface area contributed by atoms with Gasteiger partial charge in [0.05, 0.1) is 30.9 Å². The van der Waals surface area contributed by atoms with Crippen molar-refractivity contribution in [2.24, 2.45) is 0 Å². The number of nitrogens with one attached hydrogen (secondary N) is 2. The van der Waals surface area contributed by atoms with E-state index in [2.05, 4.69) is 25.1 Å². The number of hydrogen-bond acceptors (Lipinski definition) is 6. The maximum absolute atomic E-state index is 14.0. The zero-order valence-electron chi connectivity index (χ0n) is 20.3. The Bertz CT molecular complexity index is 1150. The SMILES string of the molecule is CN/C(=C\c1cc(F)ccc1F)C(=O)N/C(C=O)=C\c1ncn(CCCN2CCOCC2)c1C1CC1. The van der Waals surface area contributed by atoms with Gasteiger partial charge in [-0.15, -0.1) is 0 Å². The number of aldehydes is 1. The first-order chi connectivity index (χ1) is 17.5. The highest BCUT2D eigenvalue weighted by Crippen LogP contribution is 2.42. The van der Waals surface area contributed by atoms with E-state index in [0.29, 0.717) is 17.9 Å². The lowest BCUT2D eigenvalue weighted by atomic mass is 10.1. The Morgan fingerprint density at radius 1 is 1.19 bits per heavy atom. The fourth-order valence-electron chi connectivity index (χ4n) is 4.26. The Morgan fingerprint density at radius 2 is 1.97 bits per heavy atom. The van der Waals surface area contributed by atoms with Gasteiger partial charge in [-0.1, -0.05) is 0 Å². The molecular weight excluding hydrogens is 468 g/mol. The first-order valence-electron chi connectivity index (χ1n) is 12.2. The monoisotopic (exact) mass is 499 g/mol. The third-order valence-electron chi connectivity index (χ3n) is 6.30. The first kappa shape index (κ1) is 25.7. The smallest absolute Gasteiger partial charge is 0.271 e. The molecule has 1 aromatic carbocycles. The average Bonchev–Trinajstić information content (AvgIpc) is 3.65. The van der Waals surface area contributed by atoms with Crippen LogP contribution in [0.3, 0.4) is 0 Å². The lowest BCUT2D eigenvalue weighted by Gasteiger charge is -2.26. The lowest BCUT2D eigenvalue weighted by Crippen LogP contribution is -2.37. The van der Waals surface area contributed by atoms with Crippen molar-refractivity contribution in [1.82, 2.24) is 25.1 Å². The molecule has 1 saturated heterocycles. The molecule has 0 spiro atoms. The van der Waals surface area contributed by atoms with Crippen molar-refractivity contribution in [1.29, 1.82) is 0 Å². The summed E-state index contributed by atoms with van der Waals surface area (Å²) < 4.78 is 35.1. The molecule has 192 valence electrons. The quantitative estimate of drug-likeness (QED) is 0.365. The molecule has 2 aromatic rings. The van der Waals surface area contributed by atoms with Gasteiger partial charge in [0.25, 0.3) is 5.91 Å². The molecule has 2 fully saturated rings. The van der Waals surface area contributed by atoms with Gasteiger partial charge in [0, 0.05) is 50.4 Å². The van der Waals surface area contributed by atoms with Gasteiger partial charge in [-0.25, -0.2) is 13.8 Å². The molecule has 1 aliphatic heterocycles. The number of halogens is 2. The second-order valence-corrected chi connectivity index (χ2v) is 8.94. The fourth-order valence-corrected chi connectivity index (χ4v) is 4.26. The molecule has 2 aliphatic rings. The second-order valence-electron chi connectivity index (χ2n) is 8.94. The van der Waals surface area contributed by atoms with Crippen LogP contribution in [0.15, 0.2) is 35.9 Å². The number of likely N-dealkylation sites (N-methyl/N-ethyl adjacent to an activating group) is 1. The van der Waals surface area contributed by atoms with Crippen molar-refractivity contribution < 1.29 is 23.1 Å². The van der Waals surface area contributed by atoms with Crippen molar-refractivity contribution in [3.8, 4) is 0 Å². The second kappa shape index (κ2) is 12.0. The highest BCUT2D eigenvalue weighted by molar-refractivity contribution is 6.01. The number of carbonyl (C=O) groups excluding carboxylic acids is 2. The van der Waals surface area contributed by atoms with Crippen molar-refractivity contribution in [2.45, 2.75) is 31.7 Å². The number of benzene rings is 1. The molecule has 0 bridgehead atoms. The van der Waals surface area contributed by atoms with Gasteiger partial charge in [0.1, 0.15) is 17.3 Å². The molecule has 1 saturated carbocycles. The number of aryl methyl sites for hydroxylation is 1. The first-order valence-corrected chi connectivity index (χ1v) is 12.2. The van der Waals surface area contributed by atoms with Crippen LogP contribution in [0.25, 0.3) is 12.2 Å². The molecule has 1 aliphatic carbocycles. The van der Waals surface area contributed by atoms with Crippen molar-refractivity contribution in [3.05, 3.63) is 64.5 Å². The summed E-state index contributed by atoms with van der Waals surface area (Å²) in [5, 5.41) is 5.21. The maximum atomic E-state index is 14.0. The van der Waals surface area contributed by atoms with E-state index >= 15 is 0 Å². The third-order valence-corrected chi connectivity index (χ3v) is 6.30. The van der Waals surface area contributed by atoms with Crippen LogP contribution >= 0.6 is 0 Å². The van der Waals surface area contributed by atoms with Crippen molar-refractivity contribution >= 4 is 24.3 Å². The van der Waals surface area contributed by atoms with E-state index in [4.69, 9.17) is 4.74 Å². The molecule has 4 rings (SSSR count). The fraction of sp³-hybridized carbons (Fsp3) is 0.423. The Kier molecular flexibility index (Phi) is 8.61. The summed E-state index contributed by atoms with van der Waals surface area (Å²) in [7, 11) is 1.48. The van der Waals surface area contributed by atoms with Gasteiger partial charge in [0.2, 0.25) is 0 Å². The molecule has 0 radical (unpaired) electrons. The van der Waals surface area contributed by atoms with Gasteiger partial charge in [-0.2, -0.15) is 0 Å². The van der Waals surface area contributed by atoms with E-state index < -0.39 is 17.5 Å². The lowest BCUT2D eigenvalue weighted by molar-refractivity contribution is -0.118. The normalized spacial score (nSPS) is 17.2. The molecule has 0 unspecified atom stereocenters. The number of hydrogen-bond donors (Lipinski definition) is 2. The number of ether oxygens (including phenoxy) is 1. The summed E-state index contributed by atoms with van der Waals surface area (Å²) in [6.07, 6.45) is 8.18. The molecule has 1 aromatic heterocycles. The summed E-state index contributed by atoms with van der Waals surface area (Å²) >= 11 is 0. The number of aromatic nitrogens is 2. The topological polar surface area (TPSA) is 88.5 Å². The molecule has 1 amide bonds. The van der Waals surface area contributed by atoms with Crippen molar-refractivity contribution in [2.75, 3.05) is 39.9 Å². The van der Waals surface area contributed by atoms with Gasteiger partial charge < -0.3 is 19.9 Å². The molecule has 2 heterocycles. The zero-order chi connectivity index (χ0) is 25.5. The van der Waals surface area contributed by atoms with E-state index in [1.54, 1.807) is 12.4 Å². The minimum Gasteiger partial charge on any atom is -0.384 e. The van der Waals surface area contributed by atoms with Crippen LogP contribution in [-0.2, 0) is 20.9 Å². The Hall–Kier alpha value is -3.37. The van der Waals surface area contributed by atoms with Gasteiger partial charge in [-0.3, -0.25) is 14.5 Å². The van der Waals surface area contributed by atoms with E-state index in [-0.39, 0.29) is 17.0 Å². The predicted octanol–water partition coefficient (Wildman–Crippen LogP) is 2.68. The van der Waals surface area contributed by atoms with Crippen LogP contribution in [0.1, 0.15) is 42.1 Å². The Morgan fingerprint density at radius 3 is 2.67 bits per heavy atom. The van der Waals surface area contributed by atoms with E-state index in [1.807, 2.05) is 0 Å². The summed E-state index contributed by atoms with van der Waals surface area (Å²) in [5.41, 5.74) is 1.64. The van der Waals surface area contributed by atoms with Crippen LogP contribution in [0.4, 0.5) is 8.78 Å². The number of amides is 1. The van der Waals surface area contributed by atoms with E-state index in [9.17, 15) is 18.4 Å². The summed E-state index contributed by atoms with van der Waals surface area (Å²) in [6.45, 7) is 5.25. The van der Waals surface area contributed by atoms with Crippen molar-refractivity contribution in [3.63, 3.8) is 0 Å². The Balaban J connectivity index is 1.46. The van der Waals surface area contributed by atoms with E-state index in [1.165, 1.54) is 13.1 Å². The summed E-state index contributed by atoms with van der Waals surface area (Å²) in [5.74, 6) is -1.57. The molecule has 10 heteroatoms. The molecule has 2 N–H and O–H groups in total. The third kappa shape index (κ3) is 6.64. The Labute approximate surface area is 209 Å². The highest BCUT2D eigenvalue weighted by Gasteiger charge is 2.30. The highest BCUT2D eigenvalue weighted by atomic mass is 19.1. The summed E-state index contributed by atoms with van der Waals surface area (Å²) in [6, 6.07) is 2.97. The molecule has 0 atom stereocenters. The number of carbonyl (C=O) groups is 2. The van der Waals surface area contributed by atoms with Gasteiger partial charge >= 0.3 is 0 Å². The largest absolute Gasteiger partial charge is 0.384 e. The van der Waals surface area contributed by atoms with Gasteiger partial charge in [-0.05, 0) is 49.6 Å². The van der Waals surface area contributed by atoms with Crippen LogP contribution in [0, 0.1) is 11.6 Å².